The second-order valence-electron chi connectivity index (χ2n) is 5.14. The van der Waals surface area contributed by atoms with E-state index >= 15 is 0 Å². The predicted molar refractivity (Wildman–Crippen MR) is 83.3 cm³/mol. The van der Waals surface area contributed by atoms with E-state index in [0.717, 1.165) is 31.7 Å². The number of hydrogen-bond acceptors (Lipinski definition) is 3. The van der Waals surface area contributed by atoms with Crippen molar-refractivity contribution in [1.82, 2.24) is 5.32 Å². The third-order valence-corrected chi connectivity index (χ3v) is 3.11. The Morgan fingerprint density at radius 1 is 1.21 bits per heavy atom. The van der Waals surface area contributed by atoms with Gasteiger partial charge in [0.1, 0.15) is 12.4 Å². The van der Waals surface area contributed by atoms with E-state index < -0.39 is 0 Å². The minimum Gasteiger partial charge on any atom is -0.492 e. The van der Waals surface area contributed by atoms with Crippen LogP contribution >= 0.6 is 0 Å². The summed E-state index contributed by atoms with van der Waals surface area (Å²) in [5, 5.41) is 3.54. The molecule has 0 aliphatic rings. The summed E-state index contributed by atoms with van der Waals surface area (Å²) in [6, 6.07) is 8.69. The Balaban J connectivity index is 2.50. The van der Waals surface area contributed by atoms with Crippen LogP contribution in [0.2, 0.25) is 0 Å². The van der Waals surface area contributed by atoms with Crippen LogP contribution in [0.4, 0.5) is 5.69 Å². The lowest BCUT2D eigenvalue weighted by Crippen LogP contribution is -2.35. The average Bonchev–Trinajstić information content (AvgIpc) is 2.42. The maximum Gasteiger partial charge on any atom is 0.121 e. The zero-order valence-corrected chi connectivity index (χ0v) is 12.8. The summed E-state index contributed by atoms with van der Waals surface area (Å²) in [5.74, 6) is 0.950. The zero-order chi connectivity index (χ0) is 14.1. The fourth-order valence-electron chi connectivity index (χ4n) is 1.99. The Kier molecular flexibility index (Phi) is 7.34. The quantitative estimate of drug-likeness (QED) is 0.740. The monoisotopic (exact) mass is 264 g/mol. The highest BCUT2D eigenvalue weighted by molar-refractivity contribution is 5.49. The molecule has 0 amide bonds. The van der Waals surface area contributed by atoms with E-state index in [0.29, 0.717) is 6.04 Å². The highest BCUT2D eigenvalue weighted by Crippen LogP contribution is 2.19. The maximum atomic E-state index is 5.92. The van der Waals surface area contributed by atoms with Crippen molar-refractivity contribution in [2.45, 2.75) is 39.2 Å². The Bertz CT molecular complexity index is 352. The number of nitrogens with one attached hydrogen (secondary N) is 1. The first-order chi connectivity index (χ1) is 9.17. The van der Waals surface area contributed by atoms with Crippen molar-refractivity contribution < 1.29 is 4.74 Å². The van der Waals surface area contributed by atoms with Gasteiger partial charge in [-0.05, 0) is 31.5 Å². The van der Waals surface area contributed by atoms with Crippen LogP contribution in [0, 0.1) is 0 Å². The van der Waals surface area contributed by atoms with E-state index in [1.165, 1.54) is 12.1 Å². The van der Waals surface area contributed by atoms with Gasteiger partial charge in [-0.3, -0.25) is 0 Å². The fraction of sp³-hybridized carbons (Fsp3) is 0.625. The van der Waals surface area contributed by atoms with Gasteiger partial charge in [0.2, 0.25) is 0 Å². The van der Waals surface area contributed by atoms with E-state index in [4.69, 9.17) is 4.74 Å². The molecule has 3 heteroatoms. The lowest BCUT2D eigenvalue weighted by Gasteiger charge is -2.19. The van der Waals surface area contributed by atoms with E-state index in [2.05, 4.69) is 36.2 Å². The topological polar surface area (TPSA) is 24.5 Å². The molecule has 1 atom stereocenters. The third kappa shape index (κ3) is 5.97. The van der Waals surface area contributed by atoms with Gasteiger partial charge in [-0.2, -0.15) is 0 Å². The van der Waals surface area contributed by atoms with Crippen molar-refractivity contribution in [3.63, 3.8) is 0 Å². The SMILES string of the molecule is CCCNC(CCC)COc1cccc(N(C)C)c1. The number of hydrogen-bond donors (Lipinski definition) is 1. The molecule has 19 heavy (non-hydrogen) atoms. The van der Waals surface area contributed by atoms with Crippen molar-refractivity contribution >= 4 is 5.69 Å². The molecule has 108 valence electrons. The van der Waals surface area contributed by atoms with Crippen LogP contribution in [-0.4, -0.2) is 33.3 Å². The highest BCUT2D eigenvalue weighted by atomic mass is 16.5. The van der Waals surface area contributed by atoms with Crippen LogP contribution in [0.1, 0.15) is 33.1 Å². The normalized spacial score (nSPS) is 12.2. The molecule has 0 aliphatic heterocycles. The predicted octanol–water partition coefficient (Wildman–Crippen LogP) is 3.30. The molecule has 0 fully saturated rings. The summed E-state index contributed by atoms with van der Waals surface area (Å²) < 4.78 is 5.92. The van der Waals surface area contributed by atoms with Gasteiger partial charge in [-0.1, -0.05) is 26.3 Å². The van der Waals surface area contributed by atoms with Crippen LogP contribution in [0.25, 0.3) is 0 Å². The molecule has 1 rings (SSSR count). The minimum absolute atomic E-state index is 0.452. The first kappa shape index (κ1) is 15.8. The smallest absolute Gasteiger partial charge is 0.121 e. The van der Waals surface area contributed by atoms with Gasteiger partial charge in [0, 0.05) is 31.9 Å². The molecular formula is C16H28N2O. The molecule has 0 aromatic heterocycles. The van der Waals surface area contributed by atoms with Crippen LogP contribution in [0.5, 0.6) is 5.75 Å². The second kappa shape index (κ2) is 8.81. The van der Waals surface area contributed by atoms with Crippen LogP contribution in [-0.2, 0) is 0 Å². The van der Waals surface area contributed by atoms with Crippen LogP contribution in [0.15, 0.2) is 24.3 Å². The van der Waals surface area contributed by atoms with Crippen molar-refractivity contribution in [2.75, 3.05) is 32.1 Å². The number of anilines is 1. The van der Waals surface area contributed by atoms with Crippen molar-refractivity contribution in [2.24, 2.45) is 0 Å². The Labute approximate surface area is 118 Å². The van der Waals surface area contributed by atoms with E-state index in [-0.39, 0.29) is 0 Å². The van der Waals surface area contributed by atoms with E-state index in [1.54, 1.807) is 0 Å². The molecular weight excluding hydrogens is 236 g/mol. The first-order valence-corrected chi connectivity index (χ1v) is 7.31. The van der Waals surface area contributed by atoms with Crippen LogP contribution in [0.3, 0.4) is 0 Å². The Hall–Kier alpha value is -1.22. The number of ether oxygens (including phenoxy) is 1. The van der Waals surface area contributed by atoms with Gasteiger partial charge in [0.05, 0.1) is 0 Å². The van der Waals surface area contributed by atoms with Gasteiger partial charge < -0.3 is 15.0 Å². The summed E-state index contributed by atoms with van der Waals surface area (Å²) in [5.41, 5.74) is 1.17. The summed E-state index contributed by atoms with van der Waals surface area (Å²) in [4.78, 5) is 2.09. The molecule has 0 heterocycles. The number of rotatable bonds is 9. The highest BCUT2D eigenvalue weighted by Gasteiger charge is 2.07. The van der Waals surface area contributed by atoms with E-state index in [1.807, 2.05) is 26.2 Å². The summed E-state index contributed by atoms with van der Waals surface area (Å²) in [6.07, 6.45) is 3.51. The molecule has 0 bridgehead atoms. The molecule has 1 aromatic carbocycles. The zero-order valence-electron chi connectivity index (χ0n) is 12.8. The fourth-order valence-corrected chi connectivity index (χ4v) is 1.99. The molecule has 0 aliphatic carbocycles. The van der Waals surface area contributed by atoms with Gasteiger partial charge in [0.15, 0.2) is 0 Å². The maximum absolute atomic E-state index is 5.92. The van der Waals surface area contributed by atoms with Gasteiger partial charge in [0.25, 0.3) is 0 Å². The summed E-state index contributed by atoms with van der Waals surface area (Å²) >= 11 is 0. The lowest BCUT2D eigenvalue weighted by atomic mass is 10.2. The van der Waals surface area contributed by atoms with Gasteiger partial charge >= 0.3 is 0 Å². The lowest BCUT2D eigenvalue weighted by molar-refractivity contribution is 0.256. The second-order valence-corrected chi connectivity index (χ2v) is 5.14. The standard InChI is InChI=1S/C16H28N2O/c1-5-8-14(17-11-6-2)13-19-16-10-7-9-15(12-16)18(3)4/h7,9-10,12,14,17H,5-6,8,11,13H2,1-4H3. The average molecular weight is 264 g/mol. The van der Waals surface area contributed by atoms with Gasteiger partial charge in [-0.25, -0.2) is 0 Å². The Morgan fingerprint density at radius 2 is 2.00 bits per heavy atom. The third-order valence-electron chi connectivity index (χ3n) is 3.11. The largest absolute Gasteiger partial charge is 0.492 e. The molecule has 0 saturated heterocycles. The molecule has 0 radical (unpaired) electrons. The van der Waals surface area contributed by atoms with Crippen molar-refractivity contribution in [3.8, 4) is 5.75 Å². The molecule has 1 unspecified atom stereocenters. The Morgan fingerprint density at radius 3 is 2.63 bits per heavy atom. The molecule has 0 saturated carbocycles. The van der Waals surface area contributed by atoms with Gasteiger partial charge in [-0.15, -0.1) is 0 Å². The minimum atomic E-state index is 0.452. The number of nitrogens with zero attached hydrogens (tertiary/aromatic N) is 1. The van der Waals surface area contributed by atoms with E-state index in [9.17, 15) is 0 Å². The van der Waals surface area contributed by atoms with Crippen LogP contribution < -0.4 is 15.0 Å². The molecule has 0 spiro atoms. The molecule has 1 N–H and O–H groups in total. The van der Waals surface area contributed by atoms with Crippen molar-refractivity contribution in [1.29, 1.82) is 0 Å². The van der Waals surface area contributed by atoms with Crippen molar-refractivity contribution in [3.05, 3.63) is 24.3 Å². The summed E-state index contributed by atoms with van der Waals surface area (Å²) in [7, 11) is 4.09. The molecule has 1 aromatic rings. The molecule has 3 nitrogen and oxygen atoms in total. The first-order valence-electron chi connectivity index (χ1n) is 7.31. The number of benzene rings is 1. The summed E-state index contributed by atoms with van der Waals surface area (Å²) in [6.45, 7) is 6.21.